The summed E-state index contributed by atoms with van der Waals surface area (Å²) >= 11 is 0. The average Bonchev–Trinajstić information content (AvgIpc) is 2.99. The first-order valence-electron chi connectivity index (χ1n) is 5.61. The minimum atomic E-state index is 0.573. The lowest BCUT2D eigenvalue weighted by atomic mass is 10.1. The molecule has 2 unspecified atom stereocenters. The molecule has 0 heterocycles. The molecule has 0 amide bonds. The zero-order valence-corrected chi connectivity index (χ0v) is 9.70. The van der Waals surface area contributed by atoms with Crippen LogP contribution in [0.15, 0.2) is 0 Å². The quantitative estimate of drug-likeness (QED) is 0.668. The molecule has 0 aromatic rings. The summed E-state index contributed by atoms with van der Waals surface area (Å²) in [6, 6.07) is 1.16. The third-order valence-electron chi connectivity index (χ3n) is 3.37. The fraction of sp³-hybridized carbons (Fsp3) is 1.00. The molecule has 3 heteroatoms. The van der Waals surface area contributed by atoms with Crippen molar-refractivity contribution in [3.8, 4) is 0 Å². The van der Waals surface area contributed by atoms with Crippen LogP contribution in [-0.2, 0) is 4.74 Å². The highest BCUT2D eigenvalue weighted by molar-refractivity contribution is 4.89. The number of hydrogen-bond acceptors (Lipinski definition) is 3. The summed E-state index contributed by atoms with van der Waals surface area (Å²) in [7, 11) is 3.95. The van der Waals surface area contributed by atoms with Crippen molar-refractivity contribution in [1.29, 1.82) is 0 Å². The summed E-state index contributed by atoms with van der Waals surface area (Å²) in [5.41, 5.74) is 5.81. The van der Waals surface area contributed by atoms with E-state index in [1.807, 2.05) is 0 Å². The lowest BCUT2D eigenvalue weighted by Gasteiger charge is -2.32. The first kappa shape index (κ1) is 12.0. The Bertz CT molecular complexity index is 159. The summed E-state index contributed by atoms with van der Waals surface area (Å²) in [5.74, 6) is 0.856. The standard InChI is InChI=1S/C11H24N2O/c1-9(6-7-14-3)13(2)11(8-12)10-4-5-10/h9-11H,4-8,12H2,1-3H3. The highest BCUT2D eigenvalue weighted by Gasteiger charge is 2.34. The molecule has 14 heavy (non-hydrogen) atoms. The van der Waals surface area contributed by atoms with Gasteiger partial charge in [-0.2, -0.15) is 0 Å². The molecule has 0 bridgehead atoms. The largest absolute Gasteiger partial charge is 0.385 e. The lowest BCUT2D eigenvalue weighted by Crippen LogP contribution is -2.44. The molecule has 0 aromatic heterocycles. The van der Waals surface area contributed by atoms with E-state index in [-0.39, 0.29) is 0 Å². The fourth-order valence-electron chi connectivity index (χ4n) is 1.99. The Kier molecular flexibility index (Phi) is 4.85. The van der Waals surface area contributed by atoms with Crippen LogP contribution in [0.2, 0.25) is 0 Å². The molecule has 2 atom stereocenters. The monoisotopic (exact) mass is 200 g/mol. The topological polar surface area (TPSA) is 38.5 Å². The average molecular weight is 200 g/mol. The van der Waals surface area contributed by atoms with Gasteiger partial charge in [0.15, 0.2) is 0 Å². The van der Waals surface area contributed by atoms with Gasteiger partial charge < -0.3 is 10.5 Å². The molecule has 1 rings (SSSR count). The second-order valence-corrected chi connectivity index (χ2v) is 4.44. The van der Waals surface area contributed by atoms with Crippen molar-refractivity contribution in [2.45, 2.75) is 38.3 Å². The Hall–Kier alpha value is -0.120. The molecule has 0 aromatic carbocycles. The van der Waals surface area contributed by atoms with Gasteiger partial charge in [0.2, 0.25) is 0 Å². The molecule has 84 valence electrons. The van der Waals surface area contributed by atoms with Crippen LogP contribution in [0.1, 0.15) is 26.2 Å². The molecule has 0 spiro atoms. The van der Waals surface area contributed by atoms with Crippen LogP contribution in [0.3, 0.4) is 0 Å². The molecule has 1 saturated carbocycles. The third-order valence-corrected chi connectivity index (χ3v) is 3.37. The lowest BCUT2D eigenvalue weighted by molar-refractivity contribution is 0.121. The molecular weight excluding hydrogens is 176 g/mol. The van der Waals surface area contributed by atoms with E-state index >= 15 is 0 Å². The first-order chi connectivity index (χ1) is 6.70. The predicted octanol–water partition coefficient (Wildman–Crippen LogP) is 1.08. The minimum absolute atomic E-state index is 0.573. The summed E-state index contributed by atoms with van der Waals surface area (Å²) < 4.78 is 5.09. The van der Waals surface area contributed by atoms with E-state index in [0.717, 1.165) is 25.5 Å². The van der Waals surface area contributed by atoms with Gasteiger partial charge >= 0.3 is 0 Å². The molecular formula is C11H24N2O. The highest BCUT2D eigenvalue weighted by Crippen LogP contribution is 2.35. The Balaban J connectivity index is 2.32. The Morgan fingerprint density at radius 3 is 2.57 bits per heavy atom. The number of nitrogens with zero attached hydrogens (tertiary/aromatic N) is 1. The number of hydrogen-bond donors (Lipinski definition) is 1. The van der Waals surface area contributed by atoms with Gasteiger partial charge in [-0.3, -0.25) is 4.90 Å². The Morgan fingerprint density at radius 2 is 2.14 bits per heavy atom. The van der Waals surface area contributed by atoms with Crippen molar-refractivity contribution in [2.75, 3.05) is 27.3 Å². The van der Waals surface area contributed by atoms with E-state index in [4.69, 9.17) is 10.5 Å². The molecule has 2 N–H and O–H groups in total. The molecule has 0 saturated heterocycles. The maximum atomic E-state index is 5.81. The Labute approximate surface area is 87.6 Å². The van der Waals surface area contributed by atoms with E-state index < -0.39 is 0 Å². The number of rotatable bonds is 7. The summed E-state index contributed by atoms with van der Waals surface area (Å²) in [6.07, 6.45) is 3.82. The Morgan fingerprint density at radius 1 is 1.50 bits per heavy atom. The van der Waals surface area contributed by atoms with Crippen LogP contribution >= 0.6 is 0 Å². The van der Waals surface area contributed by atoms with E-state index in [2.05, 4.69) is 18.9 Å². The molecule has 0 aliphatic heterocycles. The maximum absolute atomic E-state index is 5.81. The fourth-order valence-corrected chi connectivity index (χ4v) is 1.99. The highest BCUT2D eigenvalue weighted by atomic mass is 16.5. The van der Waals surface area contributed by atoms with Gasteiger partial charge in [-0.15, -0.1) is 0 Å². The van der Waals surface area contributed by atoms with Crippen molar-refractivity contribution in [3.63, 3.8) is 0 Å². The zero-order chi connectivity index (χ0) is 10.6. The smallest absolute Gasteiger partial charge is 0.0477 e. The summed E-state index contributed by atoms with van der Waals surface area (Å²) in [5, 5.41) is 0. The van der Waals surface area contributed by atoms with E-state index in [0.29, 0.717) is 12.1 Å². The van der Waals surface area contributed by atoms with Gasteiger partial charge in [0.05, 0.1) is 0 Å². The van der Waals surface area contributed by atoms with Gasteiger partial charge in [0, 0.05) is 32.3 Å². The predicted molar refractivity (Wildman–Crippen MR) is 59.3 cm³/mol. The van der Waals surface area contributed by atoms with Crippen LogP contribution < -0.4 is 5.73 Å². The normalized spacial score (nSPS) is 21.2. The minimum Gasteiger partial charge on any atom is -0.385 e. The van der Waals surface area contributed by atoms with Crippen LogP contribution in [-0.4, -0.2) is 44.3 Å². The van der Waals surface area contributed by atoms with E-state index in [1.54, 1.807) is 7.11 Å². The van der Waals surface area contributed by atoms with Gasteiger partial charge in [-0.1, -0.05) is 0 Å². The third kappa shape index (κ3) is 3.23. The number of nitrogens with two attached hydrogens (primary N) is 1. The molecule has 0 radical (unpaired) electrons. The summed E-state index contributed by atoms with van der Waals surface area (Å²) in [4.78, 5) is 2.43. The van der Waals surface area contributed by atoms with Crippen molar-refractivity contribution >= 4 is 0 Å². The maximum Gasteiger partial charge on any atom is 0.0477 e. The van der Waals surface area contributed by atoms with Crippen molar-refractivity contribution in [1.82, 2.24) is 4.90 Å². The number of methoxy groups -OCH3 is 1. The van der Waals surface area contributed by atoms with Gasteiger partial charge in [0.1, 0.15) is 0 Å². The van der Waals surface area contributed by atoms with Crippen LogP contribution in [0.25, 0.3) is 0 Å². The second-order valence-electron chi connectivity index (χ2n) is 4.44. The SMILES string of the molecule is COCCC(C)N(C)C(CN)C1CC1. The first-order valence-corrected chi connectivity index (χ1v) is 5.61. The van der Waals surface area contributed by atoms with Crippen molar-refractivity contribution in [2.24, 2.45) is 11.7 Å². The second kappa shape index (κ2) is 5.69. The van der Waals surface area contributed by atoms with Crippen LogP contribution in [0, 0.1) is 5.92 Å². The van der Waals surface area contributed by atoms with Crippen LogP contribution in [0.5, 0.6) is 0 Å². The molecule has 3 nitrogen and oxygen atoms in total. The molecule has 1 fully saturated rings. The van der Waals surface area contributed by atoms with E-state index in [9.17, 15) is 0 Å². The van der Waals surface area contributed by atoms with Gasteiger partial charge in [-0.25, -0.2) is 0 Å². The van der Waals surface area contributed by atoms with Crippen molar-refractivity contribution < 1.29 is 4.74 Å². The van der Waals surface area contributed by atoms with Crippen LogP contribution in [0.4, 0.5) is 0 Å². The molecule has 1 aliphatic carbocycles. The van der Waals surface area contributed by atoms with Crippen molar-refractivity contribution in [3.05, 3.63) is 0 Å². The zero-order valence-electron chi connectivity index (χ0n) is 9.70. The van der Waals surface area contributed by atoms with Gasteiger partial charge in [-0.05, 0) is 39.2 Å². The molecule has 1 aliphatic rings. The number of ether oxygens (including phenoxy) is 1. The summed E-state index contributed by atoms with van der Waals surface area (Å²) in [6.45, 7) is 3.88. The number of likely N-dealkylation sites (N-methyl/N-ethyl adjacent to an activating group) is 1. The van der Waals surface area contributed by atoms with E-state index in [1.165, 1.54) is 12.8 Å². The van der Waals surface area contributed by atoms with Gasteiger partial charge in [0.25, 0.3) is 0 Å².